The third kappa shape index (κ3) is 5.67. The molecule has 27 heavy (non-hydrogen) atoms. The van der Waals surface area contributed by atoms with E-state index in [1.165, 1.54) is 9.75 Å². The van der Waals surface area contributed by atoms with Gasteiger partial charge in [-0.15, -0.1) is 11.3 Å². The second kappa shape index (κ2) is 9.18. The minimum absolute atomic E-state index is 0.0903. The Hall–Kier alpha value is -2.14. The first-order chi connectivity index (χ1) is 12.7. The van der Waals surface area contributed by atoms with Gasteiger partial charge in [0.15, 0.2) is 0 Å². The third-order valence-electron chi connectivity index (χ3n) is 4.62. The molecule has 0 aliphatic carbocycles. The number of thiophene rings is 1. The highest BCUT2D eigenvalue weighted by Gasteiger charge is 2.25. The molecule has 2 rings (SSSR count). The molecule has 0 radical (unpaired) electrons. The van der Waals surface area contributed by atoms with Crippen molar-refractivity contribution in [1.29, 1.82) is 0 Å². The molecule has 0 aliphatic rings. The quantitative estimate of drug-likeness (QED) is 0.725. The number of amides is 2. The van der Waals surface area contributed by atoms with Crippen molar-refractivity contribution in [2.75, 3.05) is 0 Å². The van der Waals surface area contributed by atoms with Gasteiger partial charge in [0, 0.05) is 15.3 Å². The fraction of sp³-hybridized carbons (Fsp3) is 0.455. The maximum absolute atomic E-state index is 12.9. The summed E-state index contributed by atoms with van der Waals surface area (Å²) < 4.78 is 0. The zero-order valence-electron chi connectivity index (χ0n) is 17.1. The zero-order chi connectivity index (χ0) is 20.1. The summed E-state index contributed by atoms with van der Waals surface area (Å²) in [6.07, 6.45) is 0.595. The number of rotatable bonds is 7. The van der Waals surface area contributed by atoms with Gasteiger partial charge in [0.05, 0.1) is 6.04 Å². The number of nitrogens with one attached hydrogen (secondary N) is 2. The van der Waals surface area contributed by atoms with Crippen LogP contribution in [0.5, 0.6) is 0 Å². The minimum Gasteiger partial charge on any atom is -0.348 e. The van der Waals surface area contributed by atoms with Gasteiger partial charge in [0.25, 0.3) is 5.91 Å². The molecule has 2 N–H and O–H groups in total. The minimum atomic E-state index is -0.556. The van der Waals surface area contributed by atoms with Crippen molar-refractivity contribution in [2.24, 2.45) is 5.92 Å². The Labute approximate surface area is 166 Å². The lowest BCUT2D eigenvalue weighted by molar-refractivity contribution is -0.124. The highest BCUT2D eigenvalue weighted by Crippen LogP contribution is 2.26. The molecule has 2 amide bonds. The number of aryl methyl sites for hydroxylation is 3. The van der Waals surface area contributed by atoms with E-state index >= 15 is 0 Å². The molecule has 1 aromatic carbocycles. The first-order valence-electron chi connectivity index (χ1n) is 9.42. The number of carbonyl (C=O) groups excluding carboxylic acids is 2. The normalized spacial score (nSPS) is 13.3. The lowest BCUT2D eigenvalue weighted by Crippen LogP contribution is -2.48. The average Bonchev–Trinajstić information content (AvgIpc) is 2.92. The van der Waals surface area contributed by atoms with Gasteiger partial charge in [-0.3, -0.25) is 9.59 Å². The lowest BCUT2D eigenvalue weighted by Gasteiger charge is -2.23. The first kappa shape index (κ1) is 21.2. The Balaban J connectivity index is 2.12. The Bertz CT molecular complexity index is 810. The average molecular weight is 387 g/mol. The SMILES string of the molecule is Cc1cc([C@@H](C)NC(=O)[C@H](CC(C)C)NC(=O)c2ccccc2C)c(C)s1. The molecule has 2 atom stereocenters. The molecule has 0 bridgehead atoms. The Morgan fingerprint density at radius 2 is 1.70 bits per heavy atom. The Kier molecular flexibility index (Phi) is 7.19. The van der Waals surface area contributed by atoms with Gasteiger partial charge in [-0.2, -0.15) is 0 Å². The van der Waals surface area contributed by atoms with Gasteiger partial charge in [-0.1, -0.05) is 32.0 Å². The molecular formula is C22H30N2O2S. The molecule has 0 unspecified atom stereocenters. The lowest BCUT2D eigenvalue weighted by atomic mass is 10.0. The predicted molar refractivity (Wildman–Crippen MR) is 112 cm³/mol. The molecule has 0 spiro atoms. The van der Waals surface area contributed by atoms with E-state index in [4.69, 9.17) is 0 Å². The molecule has 2 aromatic rings. The van der Waals surface area contributed by atoms with Crippen molar-refractivity contribution in [2.45, 2.75) is 60.0 Å². The Morgan fingerprint density at radius 1 is 1.04 bits per heavy atom. The van der Waals surface area contributed by atoms with Crippen LogP contribution in [0.4, 0.5) is 0 Å². The molecule has 0 saturated heterocycles. The van der Waals surface area contributed by atoms with Gasteiger partial charge in [0.2, 0.25) is 5.91 Å². The molecule has 1 heterocycles. The van der Waals surface area contributed by atoms with Crippen molar-refractivity contribution in [3.63, 3.8) is 0 Å². The van der Waals surface area contributed by atoms with Gasteiger partial charge in [-0.25, -0.2) is 0 Å². The molecule has 5 heteroatoms. The van der Waals surface area contributed by atoms with Crippen molar-refractivity contribution in [3.8, 4) is 0 Å². The fourth-order valence-electron chi connectivity index (χ4n) is 3.24. The summed E-state index contributed by atoms with van der Waals surface area (Å²) in [5.74, 6) is -0.0520. The molecular weight excluding hydrogens is 356 g/mol. The molecule has 1 aromatic heterocycles. The summed E-state index contributed by atoms with van der Waals surface area (Å²) in [5.41, 5.74) is 2.65. The van der Waals surface area contributed by atoms with E-state index in [2.05, 4.69) is 44.4 Å². The molecule has 146 valence electrons. The van der Waals surface area contributed by atoms with Gasteiger partial charge < -0.3 is 10.6 Å². The highest BCUT2D eigenvalue weighted by molar-refractivity contribution is 7.12. The van der Waals surface area contributed by atoms with Crippen LogP contribution in [-0.4, -0.2) is 17.9 Å². The van der Waals surface area contributed by atoms with E-state index in [1.54, 1.807) is 17.4 Å². The summed E-state index contributed by atoms with van der Waals surface area (Å²) in [6.45, 7) is 12.1. The van der Waals surface area contributed by atoms with E-state index in [-0.39, 0.29) is 17.9 Å². The van der Waals surface area contributed by atoms with Crippen LogP contribution in [0.25, 0.3) is 0 Å². The van der Waals surface area contributed by atoms with Crippen LogP contribution >= 0.6 is 11.3 Å². The van der Waals surface area contributed by atoms with Gasteiger partial charge >= 0.3 is 0 Å². The van der Waals surface area contributed by atoms with Crippen molar-refractivity contribution in [3.05, 3.63) is 56.8 Å². The standard InChI is InChI=1S/C22H30N2O2S/c1-13(2)11-20(24-21(25)18-10-8-7-9-14(18)3)22(26)23-16(5)19-12-15(4)27-17(19)6/h7-10,12-13,16,20H,11H2,1-6H3,(H,23,26)(H,24,25)/t16-,20+/m1/s1. The number of carbonyl (C=O) groups is 2. The number of benzene rings is 1. The second-order valence-corrected chi connectivity index (χ2v) is 9.03. The van der Waals surface area contributed by atoms with Crippen LogP contribution in [0, 0.1) is 26.7 Å². The molecule has 0 fully saturated rings. The van der Waals surface area contributed by atoms with Crippen molar-refractivity contribution < 1.29 is 9.59 Å². The Morgan fingerprint density at radius 3 is 2.26 bits per heavy atom. The van der Waals surface area contributed by atoms with Gasteiger partial charge in [0.1, 0.15) is 6.04 Å². The van der Waals surface area contributed by atoms with Crippen LogP contribution in [0.3, 0.4) is 0 Å². The van der Waals surface area contributed by atoms with E-state index in [1.807, 2.05) is 32.0 Å². The van der Waals surface area contributed by atoms with Crippen LogP contribution in [-0.2, 0) is 4.79 Å². The topological polar surface area (TPSA) is 58.2 Å². The van der Waals surface area contributed by atoms with E-state index < -0.39 is 6.04 Å². The van der Waals surface area contributed by atoms with E-state index in [9.17, 15) is 9.59 Å². The molecule has 0 saturated carbocycles. The van der Waals surface area contributed by atoms with Crippen molar-refractivity contribution >= 4 is 23.2 Å². The van der Waals surface area contributed by atoms with Crippen LogP contribution in [0.2, 0.25) is 0 Å². The molecule has 4 nitrogen and oxygen atoms in total. The van der Waals surface area contributed by atoms with E-state index in [0.29, 0.717) is 17.9 Å². The largest absolute Gasteiger partial charge is 0.348 e. The third-order valence-corrected chi connectivity index (χ3v) is 5.60. The van der Waals surface area contributed by atoms with Crippen molar-refractivity contribution in [1.82, 2.24) is 10.6 Å². The highest BCUT2D eigenvalue weighted by atomic mass is 32.1. The zero-order valence-corrected chi connectivity index (χ0v) is 17.9. The molecule has 0 aliphatic heterocycles. The summed E-state index contributed by atoms with van der Waals surface area (Å²) >= 11 is 1.73. The van der Waals surface area contributed by atoms with Crippen LogP contribution in [0.15, 0.2) is 30.3 Å². The fourth-order valence-corrected chi connectivity index (χ4v) is 4.26. The monoisotopic (exact) mass is 386 g/mol. The smallest absolute Gasteiger partial charge is 0.252 e. The number of hydrogen-bond donors (Lipinski definition) is 2. The van der Waals surface area contributed by atoms with Gasteiger partial charge in [-0.05, 0) is 63.3 Å². The first-order valence-corrected chi connectivity index (χ1v) is 10.2. The summed E-state index contributed by atoms with van der Waals surface area (Å²) in [4.78, 5) is 28.0. The maximum atomic E-state index is 12.9. The number of hydrogen-bond acceptors (Lipinski definition) is 3. The summed E-state index contributed by atoms with van der Waals surface area (Å²) in [6, 6.07) is 8.90. The summed E-state index contributed by atoms with van der Waals surface area (Å²) in [7, 11) is 0. The second-order valence-electron chi connectivity index (χ2n) is 7.57. The van der Waals surface area contributed by atoms with Crippen LogP contribution in [0.1, 0.15) is 64.5 Å². The van der Waals surface area contributed by atoms with Crippen LogP contribution < -0.4 is 10.6 Å². The summed E-state index contributed by atoms with van der Waals surface area (Å²) in [5, 5.41) is 6.01. The maximum Gasteiger partial charge on any atom is 0.252 e. The van der Waals surface area contributed by atoms with E-state index in [0.717, 1.165) is 11.1 Å². The predicted octanol–water partition coefficient (Wildman–Crippen LogP) is 4.70.